The van der Waals surface area contributed by atoms with E-state index < -0.39 is 0 Å². The molecule has 0 atom stereocenters. The van der Waals surface area contributed by atoms with Gasteiger partial charge in [0.2, 0.25) is 0 Å². The minimum absolute atomic E-state index is 0.131. The molecule has 1 aliphatic carbocycles. The summed E-state index contributed by atoms with van der Waals surface area (Å²) in [5, 5.41) is 0. The fourth-order valence-electron chi connectivity index (χ4n) is 2.35. The summed E-state index contributed by atoms with van der Waals surface area (Å²) in [4.78, 5) is 24.3. The molecule has 0 aliphatic heterocycles. The van der Waals surface area contributed by atoms with Crippen molar-refractivity contribution >= 4 is 11.6 Å². The number of rotatable bonds is 2. The molecule has 2 aromatic rings. The summed E-state index contributed by atoms with van der Waals surface area (Å²) in [6, 6.07) is 13.0. The monoisotopic (exact) mass is 266 g/mol. The Kier molecular flexibility index (Phi) is 3.03. The van der Waals surface area contributed by atoms with Crippen molar-refractivity contribution in [3.8, 4) is 0 Å². The summed E-state index contributed by atoms with van der Waals surface area (Å²) >= 11 is 0. The summed E-state index contributed by atoms with van der Waals surface area (Å²) in [5.41, 5.74) is 1.55. The van der Waals surface area contributed by atoms with Gasteiger partial charge in [-0.3, -0.25) is 9.59 Å². The van der Waals surface area contributed by atoms with E-state index in [1.807, 2.05) is 0 Å². The van der Waals surface area contributed by atoms with Gasteiger partial charge >= 0.3 is 0 Å². The van der Waals surface area contributed by atoms with E-state index in [9.17, 15) is 14.0 Å². The number of hydrogen-bond acceptors (Lipinski definition) is 2. The lowest BCUT2D eigenvalue weighted by Gasteiger charge is -2.15. The molecule has 0 saturated carbocycles. The Balaban J connectivity index is 1.99. The first-order chi connectivity index (χ1) is 9.66. The van der Waals surface area contributed by atoms with Crippen LogP contribution >= 0.6 is 0 Å². The number of halogens is 1. The Morgan fingerprint density at radius 2 is 1.50 bits per heavy atom. The van der Waals surface area contributed by atoms with Gasteiger partial charge in [-0.05, 0) is 17.7 Å². The van der Waals surface area contributed by atoms with Crippen molar-refractivity contribution in [1.82, 2.24) is 0 Å². The molecule has 0 aromatic heterocycles. The molecule has 3 heteroatoms. The highest BCUT2D eigenvalue weighted by Gasteiger charge is 2.25. The maximum Gasteiger partial charge on any atom is 0.190 e. The topological polar surface area (TPSA) is 34.1 Å². The molecule has 0 radical (unpaired) electrons. The van der Waals surface area contributed by atoms with Crippen molar-refractivity contribution in [1.29, 1.82) is 0 Å². The third kappa shape index (κ3) is 2.07. The number of carbonyl (C=O) groups excluding carboxylic acids is 2. The van der Waals surface area contributed by atoms with Gasteiger partial charge in [0.15, 0.2) is 11.6 Å². The van der Waals surface area contributed by atoms with Gasteiger partial charge in [-0.25, -0.2) is 4.39 Å². The van der Waals surface area contributed by atoms with Gasteiger partial charge in [-0.2, -0.15) is 0 Å². The molecular weight excluding hydrogens is 255 g/mol. The summed E-state index contributed by atoms with van der Waals surface area (Å²) < 4.78 is 13.6. The lowest BCUT2D eigenvalue weighted by Crippen LogP contribution is -2.18. The zero-order chi connectivity index (χ0) is 14.1. The smallest absolute Gasteiger partial charge is 0.190 e. The third-order valence-electron chi connectivity index (χ3n) is 3.37. The maximum absolute atomic E-state index is 13.6. The first-order valence-corrected chi connectivity index (χ1v) is 6.29. The number of fused-ring (bicyclic) bond motifs is 1. The molecule has 98 valence electrons. The Bertz CT molecular complexity index is 744. The maximum atomic E-state index is 13.6. The minimum atomic E-state index is -0.368. The number of hydrogen-bond donors (Lipinski definition) is 0. The van der Waals surface area contributed by atoms with Gasteiger partial charge in [0.1, 0.15) is 5.82 Å². The number of ketones is 2. The minimum Gasteiger partial charge on any atom is -0.289 e. The molecule has 0 N–H and O–H groups in total. The van der Waals surface area contributed by atoms with Crippen molar-refractivity contribution in [2.24, 2.45) is 0 Å². The SMILES string of the molecule is O=C1C=C(Cc2ccccc2F)C(=O)c2ccccc21. The van der Waals surface area contributed by atoms with Gasteiger partial charge in [0.25, 0.3) is 0 Å². The van der Waals surface area contributed by atoms with Crippen LogP contribution in [0.1, 0.15) is 26.3 Å². The third-order valence-corrected chi connectivity index (χ3v) is 3.37. The van der Waals surface area contributed by atoms with E-state index in [-0.39, 0.29) is 23.8 Å². The van der Waals surface area contributed by atoms with Crippen LogP contribution in [0, 0.1) is 5.82 Å². The molecule has 0 saturated heterocycles. The van der Waals surface area contributed by atoms with Crippen LogP contribution in [0.15, 0.2) is 60.2 Å². The number of allylic oxidation sites excluding steroid dienone is 2. The second-order valence-corrected chi connectivity index (χ2v) is 4.68. The van der Waals surface area contributed by atoms with Gasteiger partial charge in [0.05, 0.1) is 0 Å². The van der Waals surface area contributed by atoms with Crippen LogP contribution in [0.4, 0.5) is 4.39 Å². The standard InChI is InChI=1S/C17H11FO2/c18-15-8-4-1-5-11(15)9-12-10-16(19)13-6-2-3-7-14(13)17(12)20/h1-8,10H,9H2. The van der Waals surface area contributed by atoms with E-state index in [0.29, 0.717) is 22.3 Å². The fraction of sp³-hybridized carbons (Fsp3) is 0.0588. The van der Waals surface area contributed by atoms with Crippen molar-refractivity contribution in [3.05, 3.63) is 82.7 Å². The van der Waals surface area contributed by atoms with Gasteiger partial charge in [-0.1, -0.05) is 42.5 Å². The van der Waals surface area contributed by atoms with Crippen molar-refractivity contribution in [2.75, 3.05) is 0 Å². The summed E-state index contributed by atoms with van der Waals surface area (Å²) in [6.07, 6.45) is 1.45. The molecule has 0 spiro atoms. The van der Waals surface area contributed by atoms with E-state index in [2.05, 4.69) is 0 Å². The van der Waals surface area contributed by atoms with Crippen molar-refractivity contribution < 1.29 is 14.0 Å². The Morgan fingerprint density at radius 3 is 2.25 bits per heavy atom. The Morgan fingerprint density at radius 1 is 0.850 bits per heavy atom. The molecule has 2 aromatic carbocycles. The fourth-order valence-corrected chi connectivity index (χ4v) is 2.35. The predicted molar refractivity (Wildman–Crippen MR) is 73.3 cm³/mol. The Labute approximate surface area is 115 Å². The first-order valence-electron chi connectivity index (χ1n) is 6.29. The van der Waals surface area contributed by atoms with Gasteiger partial charge in [-0.15, -0.1) is 0 Å². The highest BCUT2D eigenvalue weighted by molar-refractivity contribution is 6.24. The quantitative estimate of drug-likeness (QED) is 0.835. The largest absolute Gasteiger partial charge is 0.289 e. The molecule has 0 heterocycles. The molecule has 3 rings (SSSR count). The average Bonchev–Trinajstić information content (AvgIpc) is 2.47. The zero-order valence-corrected chi connectivity index (χ0v) is 10.6. The lowest BCUT2D eigenvalue weighted by molar-refractivity contribution is 0.0982. The molecule has 0 bridgehead atoms. The van der Waals surface area contributed by atoms with Crippen molar-refractivity contribution in [2.45, 2.75) is 6.42 Å². The molecule has 0 amide bonds. The molecular formula is C17H11FO2. The molecule has 2 nitrogen and oxygen atoms in total. The second-order valence-electron chi connectivity index (χ2n) is 4.68. The highest BCUT2D eigenvalue weighted by Crippen LogP contribution is 2.24. The van der Waals surface area contributed by atoms with E-state index >= 15 is 0 Å². The van der Waals surface area contributed by atoms with Gasteiger partial charge < -0.3 is 0 Å². The van der Waals surface area contributed by atoms with E-state index in [0.717, 1.165) is 0 Å². The highest BCUT2D eigenvalue weighted by atomic mass is 19.1. The van der Waals surface area contributed by atoms with Crippen LogP contribution in [-0.4, -0.2) is 11.6 Å². The lowest BCUT2D eigenvalue weighted by atomic mass is 9.87. The molecule has 20 heavy (non-hydrogen) atoms. The summed E-state index contributed by atoms with van der Waals surface area (Å²) in [5.74, 6) is -0.775. The molecule has 0 unspecified atom stereocenters. The van der Waals surface area contributed by atoms with Gasteiger partial charge in [0, 0.05) is 23.1 Å². The van der Waals surface area contributed by atoms with Crippen LogP contribution in [0.2, 0.25) is 0 Å². The molecule has 1 aliphatic rings. The van der Waals surface area contributed by atoms with Crippen LogP contribution in [-0.2, 0) is 6.42 Å². The second kappa shape index (κ2) is 4.85. The first kappa shape index (κ1) is 12.5. The summed E-state index contributed by atoms with van der Waals surface area (Å²) in [7, 11) is 0. The van der Waals surface area contributed by atoms with E-state index in [1.165, 1.54) is 12.1 Å². The molecule has 0 fully saturated rings. The van der Waals surface area contributed by atoms with Crippen LogP contribution in [0.5, 0.6) is 0 Å². The predicted octanol–water partition coefficient (Wildman–Crippen LogP) is 3.37. The Hall–Kier alpha value is -2.55. The van der Waals surface area contributed by atoms with E-state index in [1.54, 1.807) is 42.5 Å². The normalized spacial score (nSPS) is 13.9. The number of carbonyl (C=O) groups is 2. The van der Waals surface area contributed by atoms with Crippen LogP contribution in [0.3, 0.4) is 0 Å². The van der Waals surface area contributed by atoms with E-state index in [4.69, 9.17) is 0 Å². The zero-order valence-electron chi connectivity index (χ0n) is 10.6. The van der Waals surface area contributed by atoms with Crippen molar-refractivity contribution in [3.63, 3.8) is 0 Å². The van der Waals surface area contributed by atoms with Crippen LogP contribution in [0.25, 0.3) is 0 Å². The average molecular weight is 266 g/mol. The van der Waals surface area contributed by atoms with Crippen LogP contribution < -0.4 is 0 Å². The number of benzene rings is 2. The summed E-state index contributed by atoms with van der Waals surface area (Å²) in [6.45, 7) is 0. The number of Topliss-reactive ketones (excluding diaryl/α,β-unsaturated/α-hetero) is 1.